The molecule has 82 valence electrons. The molecule has 2 heterocycles. The third-order valence-corrected chi connectivity index (χ3v) is 1.99. The van der Waals surface area contributed by atoms with E-state index in [2.05, 4.69) is 15.0 Å². The lowest BCUT2D eigenvalue weighted by Crippen LogP contribution is -1.96. The van der Waals surface area contributed by atoms with E-state index in [-0.39, 0.29) is 5.95 Å². The van der Waals surface area contributed by atoms with Crippen molar-refractivity contribution in [2.24, 2.45) is 0 Å². The number of rotatable bonds is 3. The highest BCUT2D eigenvalue weighted by Crippen LogP contribution is 2.20. The average molecular weight is 216 g/mol. The van der Waals surface area contributed by atoms with Crippen molar-refractivity contribution in [3.63, 3.8) is 0 Å². The zero-order valence-electron chi connectivity index (χ0n) is 8.92. The van der Waals surface area contributed by atoms with Crippen molar-refractivity contribution in [2.45, 2.75) is 6.92 Å². The topological polar surface area (TPSA) is 73.9 Å². The Bertz CT molecular complexity index is 487. The Morgan fingerprint density at radius 3 is 3.00 bits per heavy atom. The number of nitrogens with zero attached hydrogens (tertiary/aromatic N) is 3. The van der Waals surface area contributed by atoms with Crippen LogP contribution in [0, 0.1) is 0 Å². The number of nitrogen functional groups attached to an aromatic ring is 1. The van der Waals surface area contributed by atoms with Crippen molar-refractivity contribution in [3.8, 4) is 17.0 Å². The van der Waals surface area contributed by atoms with Crippen molar-refractivity contribution in [1.29, 1.82) is 0 Å². The molecule has 0 aromatic carbocycles. The van der Waals surface area contributed by atoms with Crippen molar-refractivity contribution < 1.29 is 4.74 Å². The van der Waals surface area contributed by atoms with Gasteiger partial charge in [0.05, 0.1) is 18.5 Å². The summed E-state index contributed by atoms with van der Waals surface area (Å²) in [5.41, 5.74) is 7.12. The minimum absolute atomic E-state index is 0.249. The van der Waals surface area contributed by atoms with E-state index in [4.69, 9.17) is 10.5 Å². The van der Waals surface area contributed by atoms with Crippen LogP contribution in [0.4, 0.5) is 5.95 Å². The molecule has 0 aliphatic heterocycles. The predicted octanol–water partition coefficient (Wildman–Crippen LogP) is 1.52. The molecule has 5 heteroatoms. The van der Waals surface area contributed by atoms with Gasteiger partial charge in [0.15, 0.2) is 0 Å². The fourth-order valence-electron chi connectivity index (χ4n) is 1.34. The first-order chi connectivity index (χ1) is 7.79. The number of ether oxygens (including phenoxy) is 1. The Morgan fingerprint density at radius 2 is 2.25 bits per heavy atom. The monoisotopic (exact) mass is 216 g/mol. The highest BCUT2D eigenvalue weighted by molar-refractivity contribution is 5.60. The van der Waals surface area contributed by atoms with Gasteiger partial charge < -0.3 is 10.5 Å². The van der Waals surface area contributed by atoms with Crippen LogP contribution in [-0.2, 0) is 0 Å². The van der Waals surface area contributed by atoms with Gasteiger partial charge in [-0.15, -0.1) is 0 Å². The molecule has 2 aromatic rings. The molecule has 2 aromatic heterocycles. The molecular formula is C11H12N4O. The highest BCUT2D eigenvalue weighted by Gasteiger charge is 2.02. The maximum Gasteiger partial charge on any atom is 0.220 e. The summed E-state index contributed by atoms with van der Waals surface area (Å²) in [5.74, 6) is 0.969. The van der Waals surface area contributed by atoms with E-state index in [1.807, 2.05) is 13.0 Å². The molecule has 0 saturated carbocycles. The van der Waals surface area contributed by atoms with E-state index >= 15 is 0 Å². The van der Waals surface area contributed by atoms with E-state index in [0.717, 1.165) is 17.0 Å². The lowest BCUT2D eigenvalue weighted by atomic mass is 10.2. The first-order valence-corrected chi connectivity index (χ1v) is 4.96. The third-order valence-electron chi connectivity index (χ3n) is 1.99. The molecular weight excluding hydrogens is 204 g/mol. The fourth-order valence-corrected chi connectivity index (χ4v) is 1.34. The van der Waals surface area contributed by atoms with E-state index < -0.39 is 0 Å². The molecule has 0 unspecified atom stereocenters. The van der Waals surface area contributed by atoms with Gasteiger partial charge in [-0.3, -0.25) is 4.98 Å². The summed E-state index contributed by atoms with van der Waals surface area (Å²) in [6, 6.07) is 3.65. The number of nitrogens with two attached hydrogens (primary N) is 1. The second-order valence-corrected chi connectivity index (χ2v) is 3.14. The van der Waals surface area contributed by atoms with Crippen LogP contribution >= 0.6 is 0 Å². The summed E-state index contributed by atoms with van der Waals surface area (Å²) in [7, 11) is 0. The predicted molar refractivity (Wildman–Crippen MR) is 60.8 cm³/mol. The SMILES string of the molecule is CCOc1cncc(-c2ccnc(N)n2)c1. The first-order valence-electron chi connectivity index (χ1n) is 4.96. The normalized spacial score (nSPS) is 10.1. The summed E-state index contributed by atoms with van der Waals surface area (Å²) in [6.45, 7) is 2.53. The second-order valence-electron chi connectivity index (χ2n) is 3.14. The van der Waals surface area contributed by atoms with Crippen LogP contribution in [0.5, 0.6) is 5.75 Å². The number of aromatic nitrogens is 3. The van der Waals surface area contributed by atoms with E-state index in [1.165, 1.54) is 0 Å². The van der Waals surface area contributed by atoms with Crippen molar-refractivity contribution in [2.75, 3.05) is 12.3 Å². The molecule has 0 radical (unpaired) electrons. The minimum atomic E-state index is 0.249. The Kier molecular flexibility index (Phi) is 2.95. The molecule has 2 N–H and O–H groups in total. The fraction of sp³-hybridized carbons (Fsp3) is 0.182. The van der Waals surface area contributed by atoms with Crippen molar-refractivity contribution in [1.82, 2.24) is 15.0 Å². The lowest BCUT2D eigenvalue weighted by molar-refractivity contribution is 0.339. The maximum absolute atomic E-state index is 5.52. The van der Waals surface area contributed by atoms with Gasteiger partial charge >= 0.3 is 0 Å². The smallest absolute Gasteiger partial charge is 0.220 e. The summed E-state index contributed by atoms with van der Waals surface area (Å²) < 4.78 is 5.36. The lowest BCUT2D eigenvalue weighted by Gasteiger charge is -2.05. The van der Waals surface area contributed by atoms with Crippen LogP contribution in [0.2, 0.25) is 0 Å². The van der Waals surface area contributed by atoms with Crippen LogP contribution in [0.3, 0.4) is 0 Å². The Balaban J connectivity index is 2.36. The van der Waals surface area contributed by atoms with Gasteiger partial charge in [0.2, 0.25) is 5.95 Å². The van der Waals surface area contributed by atoms with E-state index in [1.54, 1.807) is 24.7 Å². The van der Waals surface area contributed by atoms with Crippen LogP contribution < -0.4 is 10.5 Å². The first kappa shape index (κ1) is 10.4. The van der Waals surface area contributed by atoms with Crippen molar-refractivity contribution >= 4 is 5.95 Å². The van der Waals surface area contributed by atoms with Gasteiger partial charge in [0.25, 0.3) is 0 Å². The molecule has 0 saturated heterocycles. The molecule has 16 heavy (non-hydrogen) atoms. The van der Waals surface area contributed by atoms with Crippen LogP contribution in [0.25, 0.3) is 11.3 Å². The highest BCUT2D eigenvalue weighted by atomic mass is 16.5. The molecule has 5 nitrogen and oxygen atoms in total. The van der Waals surface area contributed by atoms with Crippen LogP contribution in [0.15, 0.2) is 30.7 Å². The number of hydrogen-bond donors (Lipinski definition) is 1. The third kappa shape index (κ3) is 2.25. The molecule has 0 spiro atoms. The van der Waals surface area contributed by atoms with Crippen molar-refractivity contribution in [3.05, 3.63) is 30.7 Å². The Morgan fingerprint density at radius 1 is 1.38 bits per heavy atom. The molecule has 0 aliphatic carbocycles. The minimum Gasteiger partial charge on any atom is -0.492 e. The van der Waals surface area contributed by atoms with E-state index in [9.17, 15) is 0 Å². The van der Waals surface area contributed by atoms with Gasteiger partial charge in [0, 0.05) is 18.0 Å². The quantitative estimate of drug-likeness (QED) is 0.841. The molecule has 2 rings (SSSR count). The van der Waals surface area contributed by atoms with E-state index in [0.29, 0.717) is 6.61 Å². The Labute approximate surface area is 93.3 Å². The van der Waals surface area contributed by atoms with Gasteiger partial charge in [-0.25, -0.2) is 9.97 Å². The van der Waals surface area contributed by atoms with Gasteiger partial charge in [-0.05, 0) is 19.1 Å². The summed E-state index contributed by atoms with van der Waals surface area (Å²) >= 11 is 0. The average Bonchev–Trinajstić information content (AvgIpc) is 2.30. The zero-order chi connectivity index (χ0) is 11.4. The second kappa shape index (κ2) is 4.57. The summed E-state index contributed by atoms with van der Waals surface area (Å²) in [4.78, 5) is 12.0. The molecule has 0 bridgehead atoms. The molecule has 0 atom stereocenters. The van der Waals surface area contributed by atoms with Gasteiger partial charge in [0.1, 0.15) is 5.75 Å². The van der Waals surface area contributed by atoms with Gasteiger partial charge in [-0.1, -0.05) is 0 Å². The van der Waals surface area contributed by atoms with Crippen LogP contribution in [-0.4, -0.2) is 21.6 Å². The largest absolute Gasteiger partial charge is 0.492 e. The number of hydrogen-bond acceptors (Lipinski definition) is 5. The Hall–Kier alpha value is -2.17. The molecule has 0 aliphatic rings. The van der Waals surface area contributed by atoms with Gasteiger partial charge in [-0.2, -0.15) is 0 Å². The molecule has 0 fully saturated rings. The molecule has 0 amide bonds. The summed E-state index contributed by atoms with van der Waals surface area (Å²) in [6.07, 6.45) is 4.99. The maximum atomic E-state index is 5.52. The number of anilines is 1. The zero-order valence-corrected chi connectivity index (χ0v) is 8.92. The summed E-state index contributed by atoms with van der Waals surface area (Å²) in [5, 5.41) is 0. The standard InChI is InChI=1S/C11H12N4O/c1-2-16-9-5-8(6-13-7-9)10-3-4-14-11(12)15-10/h3-7H,2H2,1H3,(H2,12,14,15). The van der Waals surface area contributed by atoms with Crippen LogP contribution in [0.1, 0.15) is 6.92 Å². The number of pyridine rings is 1.